The lowest BCUT2D eigenvalue weighted by atomic mass is 9.76. The van der Waals surface area contributed by atoms with E-state index in [1.54, 1.807) is 0 Å². The van der Waals surface area contributed by atoms with E-state index < -0.39 is 0 Å². The third-order valence-electron chi connectivity index (χ3n) is 4.48. The highest BCUT2D eigenvalue weighted by Crippen LogP contribution is 2.36. The molecule has 1 saturated carbocycles. The number of benzene rings is 1. The van der Waals surface area contributed by atoms with Gasteiger partial charge in [-0.1, -0.05) is 76.3 Å². The van der Waals surface area contributed by atoms with Crippen molar-refractivity contribution >= 4 is 11.6 Å². The van der Waals surface area contributed by atoms with Crippen LogP contribution in [-0.2, 0) is 5.54 Å². The van der Waals surface area contributed by atoms with Crippen molar-refractivity contribution in [1.29, 1.82) is 0 Å². The van der Waals surface area contributed by atoms with E-state index in [2.05, 4.69) is 49.5 Å². The Hall–Kier alpha value is -0.530. The number of hydrogen-bond acceptors (Lipinski definition) is 1. The molecule has 1 aromatic carbocycles. The van der Waals surface area contributed by atoms with Crippen molar-refractivity contribution in [3.63, 3.8) is 0 Å². The summed E-state index contributed by atoms with van der Waals surface area (Å²) in [6.45, 7) is 5.55. The normalized spacial score (nSPS) is 16.7. The molecule has 0 heterocycles. The quantitative estimate of drug-likeness (QED) is 0.461. The molecule has 0 amide bonds. The molecular formula is C20H34ClN. The summed E-state index contributed by atoms with van der Waals surface area (Å²) in [4.78, 5) is 0. The first-order chi connectivity index (χ1) is 10.8. The smallest absolute Gasteiger partial charge is 0.0434 e. The highest BCUT2D eigenvalue weighted by Gasteiger charge is 2.32. The van der Waals surface area contributed by atoms with Gasteiger partial charge in [-0.05, 0) is 37.8 Å². The maximum atomic E-state index is 5.38. The molecule has 126 valence electrons. The molecule has 0 aromatic heterocycles. The van der Waals surface area contributed by atoms with Crippen molar-refractivity contribution in [1.82, 2.24) is 5.32 Å². The van der Waals surface area contributed by atoms with E-state index in [1.807, 2.05) is 0 Å². The second kappa shape index (κ2) is 12.0. The topological polar surface area (TPSA) is 12.0 Å². The Balaban J connectivity index is 0.000000346. The fourth-order valence-corrected chi connectivity index (χ4v) is 3.38. The van der Waals surface area contributed by atoms with Gasteiger partial charge in [-0.2, -0.15) is 0 Å². The molecule has 0 bridgehead atoms. The molecule has 0 unspecified atom stereocenters. The Morgan fingerprint density at radius 1 is 0.955 bits per heavy atom. The molecular weight excluding hydrogens is 290 g/mol. The van der Waals surface area contributed by atoms with E-state index in [9.17, 15) is 0 Å². The van der Waals surface area contributed by atoms with E-state index in [1.165, 1.54) is 63.4 Å². The summed E-state index contributed by atoms with van der Waals surface area (Å²) in [5, 5.41) is 3.80. The third-order valence-corrected chi connectivity index (χ3v) is 4.75. The number of hydrogen-bond donors (Lipinski definition) is 1. The molecule has 1 nitrogen and oxygen atoms in total. The molecule has 0 aliphatic heterocycles. The van der Waals surface area contributed by atoms with Gasteiger partial charge in [0, 0.05) is 11.4 Å². The Labute approximate surface area is 142 Å². The highest BCUT2D eigenvalue weighted by atomic mass is 35.5. The number of nitrogens with one attached hydrogen (secondary N) is 1. The van der Waals surface area contributed by atoms with Crippen molar-refractivity contribution in [2.24, 2.45) is 0 Å². The van der Waals surface area contributed by atoms with Crippen molar-refractivity contribution in [2.75, 3.05) is 12.4 Å². The molecule has 2 heteroatoms. The fraction of sp³-hybridized carbons (Fsp3) is 0.700. The van der Waals surface area contributed by atoms with E-state index >= 15 is 0 Å². The lowest BCUT2D eigenvalue weighted by Crippen LogP contribution is -2.44. The summed E-state index contributed by atoms with van der Waals surface area (Å²) in [6, 6.07) is 11.0. The Kier molecular flexibility index (Phi) is 10.6. The third kappa shape index (κ3) is 6.71. The SMILES string of the molecule is CCCCCCl.CCCNC1(c2ccccc2)CCCCC1. The van der Waals surface area contributed by atoms with E-state index in [0.29, 0.717) is 0 Å². The molecule has 22 heavy (non-hydrogen) atoms. The van der Waals surface area contributed by atoms with Gasteiger partial charge in [0.2, 0.25) is 0 Å². The number of rotatable bonds is 7. The number of halogens is 1. The molecule has 1 N–H and O–H groups in total. The monoisotopic (exact) mass is 323 g/mol. The van der Waals surface area contributed by atoms with E-state index in [4.69, 9.17) is 11.6 Å². The van der Waals surface area contributed by atoms with Gasteiger partial charge in [-0.15, -0.1) is 11.6 Å². The molecule has 0 spiro atoms. The Morgan fingerprint density at radius 3 is 2.14 bits per heavy atom. The summed E-state index contributed by atoms with van der Waals surface area (Å²) in [7, 11) is 0. The molecule has 1 aromatic rings. The Bertz CT molecular complexity index is 353. The van der Waals surface area contributed by atoms with Crippen LogP contribution in [0.5, 0.6) is 0 Å². The maximum absolute atomic E-state index is 5.38. The first-order valence-electron chi connectivity index (χ1n) is 9.15. The van der Waals surface area contributed by atoms with Crippen LogP contribution in [0.2, 0.25) is 0 Å². The average Bonchev–Trinajstić information content (AvgIpc) is 2.60. The molecule has 0 atom stereocenters. The zero-order chi connectivity index (χ0) is 16.1. The summed E-state index contributed by atoms with van der Waals surface area (Å²) < 4.78 is 0. The Morgan fingerprint density at radius 2 is 1.64 bits per heavy atom. The maximum Gasteiger partial charge on any atom is 0.0434 e. The number of unbranched alkanes of at least 4 members (excludes halogenated alkanes) is 2. The zero-order valence-electron chi connectivity index (χ0n) is 14.5. The number of alkyl halides is 1. The van der Waals surface area contributed by atoms with Gasteiger partial charge in [0.25, 0.3) is 0 Å². The van der Waals surface area contributed by atoms with Crippen LogP contribution in [0.3, 0.4) is 0 Å². The standard InChI is InChI=1S/C15H23N.C5H11Cl/c1-2-13-16-15(11-7-4-8-12-15)14-9-5-3-6-10-14;1-2-3-4-5-6/h3,5-6,9-10,16H,2,4,7-8,11-13H2,1H3;2-5H2,1H3. The molecule has 1 aliphatic rings. The second-order valence-electron chi connectivity index (χ2n) is 6.33. The van der Waals surface area contributed by atoms with Crippen LogP contribution in [0, 0.1) is 0 Å². The first-order valence-corrected chi connectivity index (χ1v) is 9.69. The zero-order valence-corrected chi connectivity index (χ0v) is 15.3. The van der Waals surface area contributed by atoms with Gasteiger partial charge in [-0.25, -0.2) is 0 Å². The van der Waals surface area contributed by atoms with E-state index in [-0.39, 0.29) is 5.54 Å². The summed E-state index contributed by atoms with van der Waals surface area (Å²) in [5.41, 5.74) is 1.76. The van der Waals surface area contributed by atoms with Crippen LogP contribution in [-0.4, -0.2) is 12.4 Å². The van der Waals surface area contributed by atoms with Gasteiger partial charge in [-0.3, -0.25) is 0 Å². The molecule has 0 saturated heterocycles. The first kappa shape index (κ1) is 19.5. The van der Waals surface area contributed by atoms with Gasteiger partial charge in [0.1, 0.15) is 0 Å². The van der Waals surface area contributed by atoms with Crippen molar-refractivity contribution in [3.8, 4) is 0 Å². The molecule has 1 fully saturated rings. The van der Waals surface area contributed by atoms with Crippen LogP contribution < -0.4 is 5.32 Å². The van der Waals surface area contributed by atoms with Crippen LogP contribution in [0.25, 0.3) is 0 Å². The predicted octanol–water partition coefficient (Wildman–Crippen LogP) is 6.26. The van der Waals surface area contributed by atoms with E-state index in [0.717, 1.165) is 12.4 Å². The van der Waals surface area contributed by atoms with Crippen molar-refractivity contribution in [3.05, 3.63) is 35.9 Å². The fourth-order valence-electron chi connectivity index (χ4n) is 3.19. The minimum absolute atomic E-state index is 0.273. The van der Waals surface area contributed by atoms with Crippen LogP contribution >= 0.6 is 11.6 Å². The van der Waals surface area contributed by atoms with Crippen molar-refractivity contribution in [2.45, 2.75) is 77.2 Å². The largest absolute Gasteiger partial charge is 0.307 e. The van der Waals surface area contributed by atoms with Crippen molar-refractivity contribution < 1.29 is 0 Å². The summed E-state index contributed by atoms with van der Waals surface area (Å²) in [5.74, 6) is 0.827. The average molecular weight is 324 g/mol. The van der Waals surface area contributed by atoms with Gasteiger partial charge in [0.05, 0.1) is 0 Å². The highest BCUT2D eigenvalue weighted by molar-refractivity contribution is 6.17. The molecule has 0 radical (unpaired) electrons. The van der Waals surface area contributed by atoms with Gasteiger partial charge in [0.15, 0.2) is 0 Å². The minimum Gasteiger partial charge on any atom is -0.307 e. The lowest BCUT2D eigenvalue weighted by molar-refractivity contribution is 0.234. The molecule has 2 rings (SSSR count). The van der Waals surface area contributed by atoms with Gasteiger partial charge >= 0.3 is 0 Å². The predicted molar refractivity (Wildman–Crippen MR) is 99.7 cm³/mol. The van der Waals surface area contributed by atoms with Crippen LogP contribution in [0.4, 0.5) is 0 Å². The summed E-state index contributed by atoms with van der Waals surface area (Å²) >= 11 is 5.38. The van der Waals surface area contributed by atoms with Crippen LogP contribution in [0.1, 0.15) is 77.2 Å². The minimum atomic E-state index is 0.273. The van der Waals surface area contributed by atoms with Gasteiger partial charge < -0.3 is 5.32 Å². The molecule has 1 aliphatic carbocycles. The summed E-state index contributed by atoms with van der Waals surface area (Å²) in [6.07, 6.45) is 11.7. The lowest BCUT2D eigenvalue weighted by Gasteiger charge is -2.39. The second-order valence-corrected chi connectivity index (χ2v) is 6.71. The van der Waals surface area contributed by atoms with Crippen LogP contribution in [0.15, 0.2) is 30.3 Å².